The van der Waals surface area contributed by atoms with Gasteiger partial charge in [0.2, 0.25) is 0 Å². The number of hydrogen-bond donors (Lipinski definition) is 1. The Kier molecular flexibility index (Phi) is 3.46. The van der Waals surface area contributed by atoms with Gasteiger partial charge in [-0.25, -0.2) is 0 Å². The minimum atomic E-state index is 0.293. The summed E-state index contributed by atoms with van der Waals surface area (Å²) in [6.45, 7) is 2.13. The summed E-state index contributed by atoms with van der Waals surface area (Å²) in [7, 11) is 1.96. The van der Waals surface area contributed by atoms with Gasteiger partial charge in [0.15, 0.2) is 0 Å². The van der Waals surface area contributed by atoms with E-state index in [9.17, 15) is 0 Å². The molecule has 0 aromatic carbocycles. The fraction of sp³-hybridized carbons (Fsp3) is 0.538. The standard InChI is InChI=1S/C13H17N3S2/c1-8(14-2)12-15-16-13(18-12)10-4-3-5-11-9(10)6-7-17-11/h6-8,10,14H,3-5H2,1-2H3. The molecular formula is C13H17N3S2. The molecule has 1 N–H and O–H groups in total. The van der Waals surface area contributed by atoms with Crippen LogP contribution >= 0.6 is 22.7 Å². The number of aryl methyl sites for hydroxylation is 1. The summed E-state index contributed by atoms with van der Waals surface area (Å²) >= 11 is 3.64. The fourth-order valence-electron chi connectivity index (χ4n) is 2.43. The summed E-state index contributed by atoms with van der Waals surface area (Å²) < 4.78 is 0. The van der Waals surface area contributed by atoms with Crippen LogP contribution in [0.25, 0.3) is 0 Å². The van der Waals surface area contributed by atoms with E-state index < -0.39 is 0 Å². The van der Waals surface area contributed by atoms with Crippen LogP contribution in [0.3, 0.4) is 0 Å². The van der Waals surface area contributed by atoms with Crippen molar-refractivity contribution in [3.8, 4) is 0 Å². The second-order valence-electron chi connectivity index (χ2n) is 4.73. The highest BCUT2D eigenvalue weighted by molar-refractivity contribution is 7.11. The smallest absolute Gasteiger partial charge is 0.134 e. The molecule has 3 rings (SSSR count). The molecule has 3 nitrogen and oxygen atoms in total. The van der Waals surface area contributed by atoms with E-state index in [4.69, 9.17) is 0 Å². The SMILES string of the molecule is CNC(C)c1nnc(C2CCCc3sccc32)s1. The monoisotopic (exact) mass is 279 g/mol. The van der Waals surface area contributed by atoms with Gasteiger partial charge in [-0.2, -0.15) is 0 Å². The van der Waals surface area contributed by atoms with Gasteiger partial charge in [-0.3, -0.25) is 0 Å². The summed E-state index contributed by atoms with van der Waals surface area (Å²) in [5, 5.41) is 16.5. The van der Waals surface area contributed by atoms with Crippen molar-refractivity contribution >= 4 is 22.7 Å². The second-order valence-corrected chi connectivity index (χ2v) is 6.77. The Bertz CT molecular complexity index is 532. The molecule has 18 heavy (non-hydrogen) atoms. The molecule has 0 saturated carbocycles. The van der Waals surface area contributed by atoms with E-state index in [-0.39, 0.29) is 0 Å². The van der Waals surface area contributed by atoms with Gasteiger partial charge in [-0.05, 0) is 50.2 Å². The van der Waals surface area contributed by atoms with Crippen molar-refractivity contribution in [2.75, 3.05) is 7.05 Å². The van der Waals surface area contributed by atoms with Crippen molar-refractivity contribution in [3.63, 3.8) is 0 Å². The minimum absolute atomic E-state index is 0.293. The van der Waals surface area contributed by atoms with E-state index in [2.05, 4.69) is 33.9 Å². The van der Waals surface area contributed by atoms with E-state index in [1.54, 1.807) is 16.2 Å². The zero-order valence-corrected chi connectivity index (χ0v) is 12.3. The molecule has 96 valence electrons. The molecule has 0 amide bonds. The lowest BCUT2D eigenvalue weighted by Gasteiger charge is -2.19. The zero-order valence-electron chi connectivity index (χ0n) is 10.6. The van der Waals surface area contributed by atoms with Crippen molar-refractivity contribution in [1.29, 1.82) is 0 Å². The Labute approximate surface area is 115 Å². The van der Waals surface area contributed by atoms with Gasteiger partial charge in [0.1, 0.15) is 10.0 Å². The van der Waals surface area contributed by atoms with E-state index in [1.807, 2.05) is 18.4 Å². The maximum Gasteiger partial charge on any atom is 0.134 e. The van der Waals surface area contributed by atoms with Gasteiger partial charge in [0, 0.05) is 10.8 Å². The van der Waals surface area contributed by atoms with Crippen molar-refractivity contribution in [3.05, 3.63) is 31.9 Å². The first kappa shape index (κ1) is 12.3. The van der Waals surface area contributed by atoms with Gasteiger partial charge in [0.05, 0.1) is 6.04 Å². The molecule has 1 aliphatic rings. The topological polar surface area (TPSA) is 37.8 Å². The number of thiophene rings is 1. The molecule has 0 spiro atoms. The number of fused-ring (bicyclic) bond motifs is 1. The molecule has 0 radical (unpaired) electrons. The van der Waals surface area contributed by atoms with Crippen LogP contribution in [0.1, 0.15) is 52.2 Å². The first-order valence-corrected chi connectivity index (χ1v) is 8.06. The maximum absolute atomic E-state index is 4.42. The van der Waals surface area contributed by atoms with Crippen LogP contribution in [0.4, 0.5) is 0 Å². The van der Waals surface area contributed by atoms with Crippen LogP contribution < -0.4 is 5.32 Å². The van der Waals surface area contributed by atoms with Crippen LogP contribution in [-0.4, -0.2) is 17.2 Å². The van der Waals surface area contributed by atoms with Gasteiger partial charge in [0.25, 0.3) is 0 Å². The molecule has 0 bridgehead atoms. The van der Waals surface area contributed by atoms with Crippen molar-refractivity contribution in [2.45, 2.75) is 38.1 Å². The van der Waals surface area contributed by atoms with Crippen LogP contribution in [-0.2, 0) is 6.42 Å². The van der Waals surface area contributed by atoms with Gasteiger partial charge >= 0.3 is 0 Å². The number of rotatable bonds is 3. The van der Waals surface area contributed by atoms with Crippen LogP contribution in [0.5, 0.6) is 0 Å². The predicted molar refractivity (Wildman–Crippen MR) is 76.5 cm³/mol. The Hall–Kier alpha value is -0.780. The number of nitrogens with zero attached hydrogens (tertiary/aromatic N) is 2. The maximum atomic E-state index is 4.42. The molecular weight excluding hydrogens is 262 g/mol. The molecule has 1 aliphatic carbocycles. The molecule has 2 atom stereocenters. The van der Waals surface area contributed by atoms with E-state index in [0.717, 1.165) is 5.01 Å². The number of nitrogens with one attached hydrogen (secondary N) is 1. The van der Waals surface area contributed by atoms with Crippen molar-refractivity contribution in [2.24, 2.45) is 0 Å². The van der Waals surface area contributed by atoms with Gasteiger partial charge < -0.3 is 5.32 Å². The van der Waals surface area contributed by atoms with Crippen LogP contribution in [0, 0.1) is 0 Å². The molecule has 2 heterocycles. The van der Waals surface area contributed by atoms with E-state index in [1.165, 1.54) is 29.8 Å². The molecule has 2 unspecified atom stereocenters. The Morgan fingerprint density at radius 1 is 1.44 bits per heavy atom. The molecule has 5 heteroatoms. The quantitative estimate of drug-likeness (QED) is 0.936. The summed E-state index contributed by atoms with van der Waals surface area (Å²) in [5.41, 5.74) is 1.49. The Morgan fingerprint density at radius 2 is 2.33 bits per heavy atom. The Balaban J connectivity index is 1.90. The highest BCUT2D eigenvalue weighted by atomic mass is 32.1. The van der Waals surface area contributed by atoms with E-state index in [0.29, 0.717) is 12.0 Å². The number of aromatic nitrogens is 2. The predicted octanol–water partition coefficient (Wildman–Crippen LogP) is 3.35. The van der Waals surface area contributed by atoms with Crippen molar-refractivity contribution in [1.82, 2.24) is 15.5 Å². The highest BCUT2D eigenvalue weighted by Crippen LogP contribution is 2.40. The third kappa shape index (κ3) is 2.11. The largest absolute Gasteiger partial charge is 0.311 e. The molecule has 0 saturated heterocycles. The van der Waals surface area contributed by atoms with E-state index >= 15 is 0 Å². The normalized spacial score (nSPS) is 20.7. The third-order valence-corrected chi connectivity index (χ3v) is 5.83. The first-order valence-electron chi connectivity index (χ1n) is 6.36. The summed E-state index contributed by atoms with van der Waals surface area (Å²) in [6.07, 6.45) is 3.73. The summed E-state index contributed by atoms with van der Waals surface area (Å²) in [5.74, 6) is 0.482. The molecule has 0 aliphatic heterocycles. The first-order chi connectivity index (χ1) is 8.79. The number of hydrogen-bond acceptors (Lipinski definition) is 5. The highest BCUT2D eigenvalue weighted by Gasteiger charge is 2.26. The molecule has 2 aromatic heterocycles. The average Bonchev–Trinajstić information content (AvgIpc) is 3.05. The lowest BCUT2D eigenvalue weighted by atomic mass is 9.88. The zero-order chi connectivity index (χ0) is 12.5. The van der Waals surface area contributed by atoms with Crippen LogP contribution in [0.15, 0.2) is 11.4 Å². The fourth-order valence-corrected chi connectivity index (χ4v) is 4.48. The summed E-state index contributed by atoms with van der Waals surface area (Å²) in [6, 6.07) is 2.56. The Morgan fingerprint density at radius 3 is 3.17 bits per heavy atom. The second kappa shape index (κ2) is 5.07. The third-order valence-electron chi connectivity index (χ3n) is 3.61. The lowest BCUT2D eigenvalue weighted by molar-refractivity contribution is 0.613. The lowest BCUT2D eigenvalue weighted by Crippen LogP contribution is -2.11. The minimum Gasteiger partial charge on any atom is -0.311 e. The van der Waals surface area contributed by atoms with Gasteiger partial charge in [-0.15, -0.1) is 21.5 Å². The van der Waals surface area contributed by atoms with Crippen LogP contribution in [0.2, 0.25) is 0 Å². The van der Waals surface area contributed by atoms with Crippen molar-refractivity contribution < 1.29 is 0 Å². The molecule has 2 aromatic rings. The molecule has 0 fully saturated rings. The summed E-state index contributed by atoms with van der Waals surface area (Å²) in [4.78, 5) is 1.55. The average molecular weight is 279 g/mol. The van der Waals surface area contributed by atoms with Gasteiger partial charge in [-0.1, -0.05) is 11.3 Å².